The molecule has 0 saturated carbocycles. The van der Waals surface area contributed by atoms with E-state index in [1.165, 1.54) is 17.3 Å². The number of H-pyrrole nitrogens is 1. The van der Waals surface area contributed by atoms with Crippen molar-refractivity contribution in [2.45, 2.75) is 30.8 Å². The molecule has 8 heteroatoms. The lowest BCUT2D eigenvalue weighted by molar-refractivity contribution is -0.123. The number of thioether (sulfide) groups is 1. The molecule has 0 bridgehead atoms. The van der Waals surface area contributed by atoms with Crippen LogP contribution in [0.1, 0.15) is 29.0 Å². The lowest BCUT2D eigenvalue weighted by atomic mass is 9.92. The van der Waals surface area contributed by atoms with Gasteiger partial charge in [0.15, 0.2) is 5.16 Å². The number of aromatic amines is 1. The molecule has 0 aliphatic carbocycles. The van der Waals surface area contributed by atoms with Gasteiger partial charge in [0.2, 0.25) is 11.8 Å². The first-order chi connectivity index (χ1) is 15.0. The summed E-state index contributed by atoms with van der Waals surface area (Å²) in [4.78, 5) is 45.0. The maximum atomic E-state index is 12.8. The van der Waals surface area contributed by atoms with Crippen molar-refractivity contribution in [3.63, 3.8) is 0 Å². The van der Waals surface area contributed by atoms with Crippen LogP contribution >= 0.6 is 11.8 Å². The van der Waals surface area contributed by atoms with E-state index in [0.29, 0.717) is 10.8 Å². The largest absolute Gasteiger partial charge is 0.326 e. The summed E-state index contributed by atoms with van der Waals surface area (Å²) in [5.41, 5.74) is 2.66. The van der Waals surface area contributed by atoms with Gasteiger partial charge in [-0.25, -0.2) is 4.98 Å². The van der Waals surface area contributed by atoms with E-state index in [9.17, 15) is 14.4 Å². The van der Waals surface area contributed by atoms with E-state index >= 15 is 0 Å². The standard InChI is InChI=1S/C23H22N4O3S/c1-14-7-9-16(10-8-14)24-21(29)17-13-18(28)25-20-19(17)22(30)27-23(26-20)31-12-11-15-5-3-2-4-6-15/h2-10,17H,11-13H2,1H3,(H,24,29)(H2,25,26,27,28,30). The van der Waals surface area contributed by atoms with Crippen LogP contribution in [0.2, 0.25) is 0 Å². The average molecular weight is 435 g/mol. The fourth-order valence-corrected chi connectivity index (χ4v) is 4.27. The van der Waals surface area contributed by atoms with Crippen LogP contribution in [0, 0.1) is 6.92 Å². The van der Waals surface area contributed by atoms with E-state index in [0.717, 1.165) is 17.7 Å². The highest BCUT2D eigenvalue weighted by Gasteiger charge is 2.34. The molecule has 3 N–H and O–H groups in total. The molecule has 0 saturated heterocycles. The van der Waals surface area contributed by atoms with Crippen molar-refractivity contribution >= 4 is 35.1 Å². The second kappa shape index (κ2) is 9.18. The van der Waals surface area contributed by atoms with Crippen molar-refractivity contribution in [1.82, 2.24) is 9.97 Å². The van der Waals surface area contributed by atoms with Crippen LogP contribution in [0.5, 0.6) is 0 Å². The Morgan fingerprint density at radius 1 is 1.13 bits per heavy atom. The molecule has 31 heavy (non-hydrogen) atoms. The number of aromatic nitrogens is 2. The Labute approximate surface area is 183 Å². The molecule has 0 radical (unpaired) electrons. The predicted octanol–water partition coefficient (Wildman–Crippen LogP) is 3.48. The van der Waals surface area contributed by atoms with Crippen LogP contribution < -0.4 is 16.2 Å². The number of nitrogens with zero attached hydrogens (tertiary/aromatic N) is 1. The number of rotatable bonds is 6. The monoisotopic (exact) mass is 434 g/mol. The fraction of sp³-hybridized carbons (Fsp3) is 0.217. The lowest BCUT2D eigenvalue weighted by Gasteiger charge is -2.23. The third-order valence-corrected chi connectivity index (χ3v) is 5.91. The Morgan fingerprint density at radius 3 is 2.61 bits per heavy atom. The number of aryl methyl sites for hydroxylation is 2. The van der Waals surface area contributed by atoms with Crippen molar-refractivity contribution in [1.29, 1.82) is 0 Å². The Bertz CT molecular complexity index is 1160. The van der Waals surface area contributed by atoms with Crippen LogP contribution in [0.3, 0.4) is 0 Å². The maximum absolute atomic E-state index is 12.8. The minimum absolute atomic E-state index is 0.101. The number of hydrogen-bond acceptors (Lipinski definition) is 5. The van der Waals surface area contributed by atoms with E-state index in [-0.39, 0.29) is 23.7 Å². The smallest absolute Gasteiger partial charge is 0.257 e. The average Bonchev–Trinajstić information content (AvgIpc) is 2.75. The zero-order valence-electron chi connectivity index (χ0n) is 17.0. The molecular formula is C23H22N4O3S. The van der Waals surface area contributed by atoms with E-state index < -0.39 is 17.4 Å². The molecule has 2 amide bonds. The molecule has 7 nitrogen and oxygen atoms in total. The SMILES string of the molecule is Cc1ccc(NC(=O)C2CC(=O)Nc3nc(SCCc4ccccc4)[nH]c(=O)c32)cc1. The van der Waals surface area contributed by atoms with Gasteiger partial charge in [-0.2, -0.15) is 0 Å². The highest BCUT2D eigenvalue weighted by Crippen LogP contribution is 2.30. The topological polar surface area (TPSA) is 104 Å². The van der Waals surface area contributed by atoms with E-state index in [1.807, 2.05) is 49.4 Å². The first-order valence-electron chi connectivity index (χ1n) is 9.98. The summed E-state index contributed by atoms with van der Waals surface area (Å²) >= 11 is 1.40. The van der Waals surface area contributed by atoms with Gasteiger partial charge in [0.25, 0.3) is 5.56 Å². The summed E-state index contributed by atoms with van der Waals surface area (Å²) < 4.78 is 0. The minimum atomic E-state index is -0.898. The van der Waals surface area contributed by atoms with Crippen LogP contribution in [0.4, 0.5) is 11.5 Å². The van der Waals surface area contributed by atoms with E-state index in [1.54, 1.807) is 12.1 Å². The van der Waals surface area contributed by atoms with Crippen molar-refractivity contribution in [2.75, 3.05) is 16.4 Å². The number of anilines is 2. The summed E-state index contributed by atoms with van der Waals surface area (Å²) in [5.74, 6) is -0.764. The van der Waals surface area contributed by atoms with Gasteiger partial charge in [0, 0.05) is 17.9 Å². The molecule has 1 atom stereocenters. The molecule has 0 fully saturated rings. The molecular weight excluding hydrogens is 412 g/mol. The quantitative estimate of drug-likeness (QED) is 0.407. The summed E-state index contributed by atoms with van der Waals surface area (Å²) in [5, 5.41) is 5.85. The van der Waals surface area contributed by atoms with Gasteiger partial charge in [-0.05, 0) is 31.0 Å². The zero-order chi connectivity index (χ0) is 21.8. The molecule has 0 spiro atoms. The van der Waals surface area contributed by atoms with Crippen molar-refractivity contribution < 1.29 is 9.59 Å². The molecule has 2 heterocycles. The highest BCUT2D eigenvalue weighted by molar-refractivity contribution is 7.99. The number of fused-ring (bicyclic) bond motifs is 1. The van der Waals surface area contributed by atoms with Crippen LogP contribution in [0.15, 0.2) is 64.5 Å². The van der Waals surface area contributed by atoms with Crippen molar-refractivity contribution in [3.05, 3.63) is 81.6 Å². The van der Waals surface area contributed by atoms with Crippen molar-refractivity contribution in [3.8, 4) is 0 Å². The summed E-state index contributed by atoms with van der Waals surface area (Å²) in [6.45, 7) is 1.95. The Kier molecular flexibility index (Phi) is 6.18. The molecule has 1 aliphatic heterocycles. The van der Waals surface area contributed by atoms with E-state index in [4.69, 9.17) is 0 Å². The molecule has 4 rings (SSSR count). The van der Waals surface area contributed by atoms with E-state index in [2.05, 4.69) is 20.6 Å². The Morgan fingerprint density at radius 2 is 1.87 bits per heavy atom. The third-order valence-electron chi connectivity index (χ3n) is 5.04. The lowest BCUT2D eigenvalue weighted by Crippen LogP contribution is -2.36. The molecule has 3 aromatic rings. The normalized spacial score (nSPS) is 15.1. The number of amides is 2. The van der Waals surface area contributed by atoms with Gasteiger partial charge in [0.1, 0.15) is 5.82 Å². The minimum Gasteiger partial charge on any atom is -0.326 e. The van der Waals surface area contributed by atoms with Crippen molar-refractivity contribution in [2.24, 2.45) is 0 Å². The van der Waals surface area contributed by atoms with Gasteiger partial charge in [-0.1, -0.05) is 59.8 Å². The van der Waals surface area contributed by atoms with Gasteiger partial charge in [-0.15, -0.1) is 0 Å². The second-order valence-electron chi connectivity index (χ2n) is 7.38. The second-order valence-corrected chi connectivity index (χ2v) is 8.46. The number of carbonyl (C=O) groups is 2. The predicted molar refractivity (Wildman–Crippen MR) is 122 cm³/mol. The number of benzene rings is 2. The number of hydrogen-bond donors (Lipinski definition) is 3. The van der Waals surface area contributed by atoms with Crippen LogP contribution in [0.25, 0.3) is 0 Å². The first-order valence-corrected chi connectivity index (χ1v) is 11.0. The molecule has 1 aromatic heterocycles. The molecule has 158 valence electrons. The molecule has 2 aromatic carbocycles. The van der Waals surface area contributed by atoms with Gasteiger partial charge in [-0.3, -0.25) is 14.4 Å². The van der Waals surface area contributed by atoms with Gasteiger partial charge in [0.05, 0.1) is 11.5 Å². The Balaban J connectivity index is 1.51. The summed E-state index contributed by atoms with van der Waals surface area (Å²) in [6, 6.07) is 17.3. The molecule has 1 aliphatic rings. The zero-order valence-corrected chi connectivity index (χ0v) is 17.8. The van der Waals surface area contributed by atoms with Crippen LogP contribution in [-0.2, 0) is 16.0 Å². The number of nitrogens with one attached hydrogen (secondary N) is 3. The van der Waals surface area contributed by atoms with Crippen LogP contribution in [-0.4, -0.2) is 27.5 Å². The summed E-state index contributed by atoms with van der Waals surface area (Å²) in [7, 11) is 0. The third kappa shape index (κ3) is 5.03. The van der Waals surface area contributed by atoms with Gasteiger partial charge < -0.3 is 15.6 Å². The first kappa shape index (κ1) is 20.9. The Hall–Kier alpha value is -3.39. The highest BCUT2D eigenvalue weighted by atomic mass is 32.2. The van der Waals surface area contributed by atoms with Gasteiger partial charge >= 0.3 is 0 Å². The maximum Gasteiger partial charge on any atom is 0.257 e. The summed E-state index contributed by atoms with van der Waals surface area (Å²) in [6.07, 6.45) is 0.718. The number of carbonyl (C=O) groups excluding carboxylic acids is 2. The molecule has 1 unspecified atom stereocenters. The fourth-order valence-electron chi connectivity index (χ4n) is 3.42.